The van der Waals surface area contributed by atoms with E-state index in [4.69, 9.17) is 0 Å². The largest absolute Gasteiger partial charge is 0.363 e. The first-order chi connectivity index (χ1) is 12.8. The first-order valence-corrected chi connectivity index (χ1v) is 14.9. The van der Waals surface area contributed by atoms with E-state index in [1.165, 1.54) is 57.8 Å². The predicted octanol–water partition coefficient (Wildman–Crippen LogP) is 6.88. The number of amides is 1. The van der Waals surface area contributed by atoms with Gasteiger partial charge in [-0.2, -0.15) is 0 Å². The molecule has 0 bridgehead atoms. The van der Waals surface area contributed by atoms with Crippen molar-refractivity contribution >= 4 is 14.1 Å². The zero-order chi connectivity index (χ0) is 21.6. The molecule has 4 heteroatoms. The number of nitrogens with zero attached hydrogens (tertiary/aromatic N) is 1. The maximum atomic E-state index is 13.1. The number of unbranched alkanes of at least 4 members (excludes halogenated alkanes) is 8. The molecule has 2 atom stereocenters. The Bertz CT molecular complexity index is 476. The van der Waals surface area contributed by atoms with Crippen LogP contribution in [0.15, 0.2) is 0 Å². The lowest BCUT2D eigenvalue weighted by atomic mass is 9.90. The summed E-state index contributed by atoms with van der Waals surface area (Å²) in [5, 5.41) is 3.82. The number of β-lactam (4-membered cyclic amide) rings is 1. The van der Waals surface area contributed by atoms with Gasteiger partial charge in [0.2, 0.25) is 5.91 Å². The van der Waals surface area contributed by atoms with Crippen LogP contribution < -0.4 is 5.32 Å². The summed E-state index contributed by atoms with van der Waals surface area (Å²) in [5.74, 6) is 0.349. The van der Waals surface area contributed by atoms with Crippen LogP contribution in [0.25, 0.3) is 0 Å². The molecular formula is C24H50N2OSi. The SMILES string of the molecule is CCCCCCCCCCC[C@@H]1[C@@H](NC(C)(C)C)C(=O)N1[Si](C)(C)C(C)(C)C. The van der Waals surface area contributed by atoms with Crippen molar-refractivity contribution in [3.63, 3.8) is 0 Å². The van der Waals surface area contributed by atoms with Gasteiger partial charge in [0, 0.05) is 11.6 Å². The average Bonchev–Trinajstić information content (AvgIpc) is 2.55. The molecule has 0 radical (unpaired) electrons. The highest BCUT2D eigenvalue weighted by molar-refractivity contribution is 6.80. The molecule has 1 aliphatic rings. The van der Waals surface area contributed by atoms with Gasteiger partial charge in [-0.05, 0) is 32.2 Å². The molecule has 3 nitrogen and oxygen atoms in total. The molecule has 0 spiro atoms. The second kappa shape index (κ2) is 10.6. The number of rotatable bonds is 12. The maximum absolute atomic E-state index is 13.1. The highest BCUT2D eigenvalue weighted by Gasteiger charge is 2.57. The molecule has 166 valence electrons. The molecule has 1 rings (SSSR count). The Morgan fingerprint density at radius 1 is 0.857 bits per heavy atom. The summed E-state index contributed by atoms with van der Waals surface area (Å²) in [5.41, 5.74) is -0.0173. The van der Waals surface area contributed by atoms with Crippen LogP contribution in [0.3, 0.4) is 0 Å². The second-order valence-electron chi connectivity index (χ2n) is 11.6. The van der Waals surface area contributed by atoms with E-state index in [1.54, 1.807) is 0 Å². The summed E-state index contributed by atoms with van der Waals surface area (Å²) < 4.78 is 2.33. The molecule has 1 saturated heterocycles. The summed E-state index contributed by atoms with van der Waals surface area (Å²) in [4.78, 5) is 13.1. The minimum Gasteiger partial charge on any atom is -0.363 e. The standard InChI is InChI=1S/C24H50N2OSi/c1-10-11-12-13-14-15-16-17-18-19-20-21(25-23(2,3)4)22(27)26(20)28(8,9)24(5,6)7/h20-21,25H,10-19H2,1-9H3/t20-,21-/m1/s1. The van der Waals surface area contributed by atoms with Crippen molar-refractivity contribution in [1.82, 2.24) is 9.88 Å². The number of carbonyl (C=O) groups is 1. The van der Waals surface area contributed by atoms with Crippen LogP contribution in [0.1, 0.15) is 113 Å². The third-order valence-corrected chi connectivity index (χ3v) is 12.3. The van der Waals surface area contributed by atoms with Crippen molar-refractivity contribution in [3.05, 3.63) is 0 Å². The van der Waals surface area contributed by atoms with Crippen molar-refractivity contribution in [2.75, 3.05) is 0 Å². The lowest BCUT2D eigenvalue weighted by Crippen LogP contribution is -2.79. The molecule has 1 aliphatic heterocycles. The van der Waals surface area contributed by atoms with Gasteiger partial charge in [-0.25, -0.2) is 0 Å². The summed E-state index contributed by atoms with van der Waals surface area (Å²) >= 11 is 0. The van der Waals surface area contributed by atoms with Crippen LogP contribution in [0.5, 0.6) is 0 Å². The average molecular weight is 411 g/mol. The number of hydrogen-bond acceptors (Lipinski definition) is 2. The van der Waals surface area contributed by atoms with Gasteiger partial charge < -0.3 is 4.57 Å². The molecule has 0 aromatic carbocycles. The van der Waals surface area contributed by atoms with Crippen LogP contribution in [0.4, 0.5) is 0 Å². The molecule has 0 aromatic heterocycles. The molecule has 0 unspecified atom stereocenters. The van der Waals surface area contributed by atoms with Crippen LogP contribution in [0, 0.1) is 0 Å². The van der Waals surface area contributed by atoms with E-state index in [-0.39, 0.29) is 16.6 Å². The lowest BCUT2D eigenvalue weighted by molar-refractivity contribution is -0.145. The zero-order valence-corrected chi connectivity index (χ0v) is 21.6. The van der Waals surface area contributed by atoms with E-state index in [2.05, 4.69) is 71.4 Å². The molecule has 28 heavy (non-hydrogen) atoms. The van der Waals surface area contributed by atoms with Crippen molar-refractivity contribution in [3.8, 4) is 0 Å². The van der Waals surface area contributed by atoms with Gasteiger partial charge in [0.05, 0.1) is 0 Å². The molecule has 0 aliphatic carbocycles. The van der Waals surface area contributed by atoms with Gasteiger partial charge >= 0.3 is 0 Å². The molecule has 1 fully saturated rings. The predicted molar refractivity (Wildman–Crippen MR) is 126 cm³/mol. The Labute approximate surface area is 177 Å². The molecule has 0 aromatic rings. The van der Waals surface area contributed by atoms with Gasteiger partial charge in [-0.15, -0.1) is 0 Å². The number of nitrogens with one attached hydrogen (secondary N) is 1. The van der Waals surface area contributed by atoms with E-state index < -0.39 is 8.24 Å². The van der Waals surface area contributed by atoms with E-state index in [9.17, 15) is 4.79 Å². The summed E-state index contributed by atoms with van der Waals surface area (Å²) in [6.45, 7) is 20.5. The fraction of sp³-hybridized carbons (Fsp3) is 0.958. The van der Waals surface area contributed by atoms with E-state index in [0.717, 1.165) is 6.42 Å². The van der Waals surface area contributed by atoms with Crippen molar-refractivity contribution in [1.29, 1.82) is 0 Å². The van der Waals surface area contributed by atoms with Crippen LogP contribution >= 0.6 is 0 Å². The Kier molecular flexibility index (Phi) is 9.73. The first kappa shape index (κ1) is 25.7. The topological polar surface area (TPSA) is 32.3 Å². The number of hydrogen-bond donors (Lipinski definition) is 1. The van der Waals surface area contributed by atoms with Gasteiger partial charge in [0.25, 0.3) is 0 Å². The highest BCUT2D eigenvalue weighted by Crippen LogP contribution is 2.44. The van der Waals surface area contributed by atoms with E-state index in [1.807, 2.05) is 0 Å². The minimum atomic E-state index is -1.82. The second-order valence-corrected chi connectivity index (χ2v) is 16.7. The molecule has 0 saturated carbocycles. The van der Waals surface area contributed by atoms with Crippen molar-refractivity contribution in [2.45, 2.75) is 148 Å². The minimum absolute atomic E-state index is 0.0168. The van der Waals surface area contributed by atoms with Crippen LogP contribution in [-0.4, -0.2) is 36.3 Å². The van der Waals surface area contributed by atoms with Crippen molar-refractivity contribution in [2.24, 2.45) is 0 Å². The van der Waals surface area contributed by atoms with E-state index in [0.29, 0.717) is 11.9 Å². The number of carbonyl (C=O) groups excluding carboxylic acids is 1. The fourth-order valence-electron chi connectivity index (χ4n) is 4.18. The Balaban J connectivity index is 2.57. The van der Waals surface area contributed by atoms with Gasteiger partial charge in [0.1, 0.15) is 6.04 Å². The monoisotopic (exact) mass is 410 g/mol. The lowest BCUT2D eigenvalue weighted by Gasteiger charge is -2.59. The normalized spacial score (nSPS) is 21.2. The zero-order valence-electron chi connectivity index (χ0n) is 20.6. The first-order valence-electron chi connectivity index (χ1n) is 11.9. The van der Waals surface area contributed by atoms with Gasteiger partial charge in [-0.1, -0.05) is 98.6 Å². The quantitative estimate of drug-likeness (QED) is 0.216. The van der Waals surface area contributed by atoms with Gasteiger partial charge in [-0.3, -0.25) is 10.1 Å². The van der Waals surface area contributed by atoms with Gasteiger partial charge in [0.15, 0.2) is 8.24 Å². The Hall–Kier alpha value is -0.353. The third kappa shape index (κ3) is 7.16. The highest BCUT2D eigenvalue weighted by atomic mass is 28.3. The van der Waals surface area contributed by atoms with Crippen LogP contribution in [-0.2, 0) is 4.79 Å². The Morgan fingerprint density at radius 3 is 1.75 bits per heavy atom. The summed E-state index contributed by atoms with van der Waals surface area (Å²) in [7, 11) is -1.82. The van der Waals surface area contributed by atoms with Crippen LogP contribution in [0.2, 0.25) is 18.1 Å². The van der Waals surface area contributed by atoms with E-state index >= 15 is 0 Å². The summed E-state index contributed by atoms with van der Waals surface area (Å²) in [6.07, 6.45) is 13.4. The fourth-order valence-corrected chi connectivity index (χ4v) is 6.70. The third-order valence-electron chi connectivity index (χ3n) is 6.85. The maximum Gasteiger partial charge on any atom is 0.234 e. The van der Waals surface area contributed by atoms with Crippen molar-refractivity contribution < 1.29 is 4.79 Å². The summed E-state index contributed by atoms with van der Waals surface area (Å²) in [6, 6.07) is 0.403. The smallest absolute Gasteiger partial charge is 0.234 e. The molecule has 1 heterocycles. The molecular weight excluding hydrogens is 360 g/mol. The molecule has 1 N–H and O–H groups in total. The Morgan fingerprint density at radius 2 is 1.32 bits per heavy atom. The molecule has 1 amide bonds.